The lowest BCUT2D eigenvalue weighted by molar-refractivity contribution is -0.122. The zero-order valence-electron chi connectivity index (χ0n) is 9.98. The second-order valence-electron chi connectivity index (χ2n) is 3.92. The van der Waals surface area contributed by atoms with Crippen LogP contribution in [0.4, 0.5) is 0 Å². The minimum atomic E-state index is -0.266. The van der Waals surface area contributed by atoms with Gasteiger partial charge in [-0.25, -0.2) is 0 Å². The Bertz CT molecular complexity index is 473. The van der Waals surface area contributed by atoms with E-state index in [1.54, 1.807) is 0 Å². The molecule has 0 saturated heterocycles. The van der Waals surface area contributed by atoms with Gasteiger partial charge in [0.05, 0.1) is 6.04 Å². The van der Waals surface area contributed by atoms with Gasteiger partial charge in [-0.2, -0.15) is 0 Å². The van der Waals surface area contributed by atoms with Crippen LogP contribution in [-0.2, 0) is 14.3 Å². The summed E-state index contributed by atoms with van der Waals surface area (Å²) in [5, 5.41) is 2.86. The molecule has 0 aromatic heterocycles. The predicted octanol–water partition coefficient (Wildman–Crippen LogP) is 2.51. The van der Waals surface area contributed by atoms with Crippen molar-refractivity contribution in [2.24, 2.45) is 0 Å². The highest BCUT2D eigenvalue weighted by Crippen LogP contribution is 2.23. The summed E-state index contributed by atoms with van der Waals surface area (Å²) >= 11 is 3.46. The molecule has 4 nitrogen and oxygen atoms in total. The van der Waals surface area contributed by atoms with Crippen molar-refractivity contribution in [3.63, 3.8) is 0 Å². The summed E-state index contributed by atoms with van der Waals surface area (Å²) in [5.41, 5.74) is 1.02. The highest BCUT2D eigenvalue weighted by Gasteiger charge is 2.18. The maximum atomic E-state index is 11.9. The van der Waals surface area contributed by atoms with Crippen molar-refractivity contribution in [2.75, 3.05) is 13.2 Å². The van der Waals surface area contributed by atoms with Crippen LogP contribution in [0.1, 0.15) is 18.5 Å². The molecule has 1 atom stereocenters. The van der Waals surface area contributed by atoms with Crippen molar-refractivity contribution in [1.82, 2.24) is 5.32 Å². The normalized spacial score (nSPS) is 16.0. The van der Waals surface area contributed by atoms with Gasteiger partial charge in [0.2, 0.25) is 5.76 Å². The number of rotatable bonds is 3. The standard InChI is InChI=1S/C13H14BrNO3/c1-9(10-4-2-3-5-11(10)14)15-13(16)12-8-17-6-7-18-12/h2-5,8-9H,6-7H2,1H3,(H,15,16)/t9-/m0/s1. The highest BCUT2D eigenvalue weighted by molar-refractivity contribution is 9.10. The Morgan fingerprint density at radius 2 is 2.17 bits per heavy atom. The molecule has 1 amide bonds. The minimum Gasteiger partial charge on any atom is -0.494 e. The number of hydrogen-bond donors (Lipinski definition) is 1. The van der Waals surface area contributed by atoms with E-state index in [4.69, 9.17) is 9.47 Å². The molecule has 0 unspecified atom stereocenters. The molecule has 1 N–H and O–H groups in total. The van der Waals surface area contributed by atoms with Gasteiger partial charge in [-0.1, -0.05) is 34.1 Å². The van der Waals surface area contributed by atoms with E-state index in [1.165, 1.54) is 6.26 Å². The molecular formula is C13H14BrNO3. The molecule has 5 heteroatoms. The van der Waals surface area contributed by atoms with Crippen molar-refractivity contribution >= 4 is 21.8 Å². The van der Waals surface area contributed by atoms with Crippen molar-refractivity contribution in [3.8, 4) is 0 Å². The SMILES string of the molecule is C[C@H](NC(=O)C1=COCCO1)c1ccccc1Br. The lowest BCUT2D eigenvalue weighted by Gasteiger charge is -2.19. The number of benzene rings is 1. The van der Waals surface area contributed by atoms with Crippen LogP contribution in [0.5, 0.6) is 0 Å². The van der Waals surface area contributed by atoms with E-state index in [0.717, 1.165) is 10.0 Å². The molecule has 0 fully saturated rings. The summed E-state index contributed by atoms with van der Waals surface area (Å²) in [6.07, 6.45) is 1.35. The zero-order valence-corrected chi connectivity index (χ0v) is 11.6. The molecule has 1 aliphatic heterocycles. The van der Waals surface area contributed by atoms with Gasteiger partial charge in [0.15, 0.2) is 0 Å². The molecule has 0 saturated carbocycles. The first-order valence-corrected chi connectivity index (χ1v) is 6.47. The Balaban J connectivity index is 2.03. The smallest absolute Gasteiger partial charge is 0.290 e. The van der Waals surface area contributed by atoms with Gasteiger partial charge < -0.3 is 14.8 Å². The second kappa shape index (κ2) is 5.91. The van der Waals surface area contributed by atoms with Crippen LogP contribution in [0, 0.1) is 0 Å². The van der Waals surface area contributed by atoms with Crippen LogP contribution in [-0.4, -0.2) is 19.1 Å². The van der Waals surface area contributed by atoms with Crippen LogP contribution in [0.3, 0.4) is 0 Å². The molecule has 18 heavy (non-hydrogen) atoms. The predicted molar refractivity (Wildman–Crippen MR) is 70.7 cm³/mol. The van der Waals surface area contributed by atoms with Crippen molar-refractivity contribution < 1.29 is 14.3 Å². The lowest BCUT2D eigenvalue weighted by Crippen LogP contribution is -2.30. The average molecular weight is 312 g/mol. The first kappa shape index (κ1) is 13.0. The van der Waals surface area contributed by atoms with E-state index < -0.39 is 0 Å². The fourth-order valence-corrected chi connectivity index (χ4v) is 2.29. The monoisotopic (exact) mass is 311 g/mol. The van der Waals surface area contributed by atoms with Gasteiger partial charge >= 0.3 is 0 Å². The molecule has 96 valence electrons. The largest absolute Gasteiger partial charge is 0.494 e. The molecule has 1 aliphatic rings. The third kappa shape index (κ3) is 3.04. The highest BCUT2D eigenvalue weighted by atomic mass is 79.9. The fraction of sp³-hybridized carbons (Fsp3) is 0.308. The van der Waals surface area contributed by atoms with E-state index in [0.29, 0.717) is 13.2 Å². The quantitative estimate of drug-likeness (QED) is 0.933. The van der Waals surface area contributed by atoms with Crippen LogP contribution in [0.2, 0.25) is 0 Å². The van der Waals surface area contributed by atoms with Gasteiger partial charge in [0.25, 0.3) is 5.91 Å². The first-order valence-electron chi connectivity index (χ1n) is 5.68. The number of carbonyl (C=O) groups is 1. The molecule has 1 aromatic rings. The van der Waals surface area contributed by atoms with Crippen LogP contribution in [0.15, 0.2) is 40.8 Å². The second-order valence-corrected chi connectivity index (χ2v) is 4.77. The Labute approximate surface area is 114 Å². The number of hydrogen-bond acceptors (Lipinski definition) is 3. The Kier molecular flexibility index (Phi) is 4.25. The maximum Gasteiger partial charge on any atom is 0.290 e. The van der Waals surface area contributed by atoms with Gasteiger partial charge in [-0.3, -0.25) is 4.79 Å². The number of ether oxygens (including phenoxy) is 2. The fourth-order valence-electron chi connectivity index (χ4n) is 1.66. The zero-order chi connectivity index (χ0) is 13.0. The maximum absolute atomic E-state index is 11.9. The van der Waals surface area contributed by atoms with Gasteiger partial charge in [-0.05, 0) is 18.6 Å². The number of nitrogens with one attached hydrogen (secondary N) is 1. The first-order chi connectivity index (χ1) is 8.68. The Morgan fingerprint density at radius 3 is 2.83 bits per heavy atom. The van der Waals surface area contributed by atoms with Crippen LogP contribution >= 0.6 is 15.9 Å². The molecular weight excluding hydrogens is 298 g/mol. The molecule has 0 radical (unpaired) electrons. The third-order valence-corrected chi connectivity index (χ3v) is 3.31. The molecule has 0 bridgehead atoms. The van der Waals surface area contributed by atoms with E-state index in [1.807, 2.05) is 31.2 Å². The van der Waals surface area contributed by atoms with Crippen molar-refractivity contribution in [1.29, 1.82) is 0 Å². The van der Waals surface area contributed by atoms with E-state index in [2.05, 4.69) is 21.2 Å². The van der Waals surface area contributed by atoms with E-state index >= 15 is 0 Å². The number of halogens is 1. The van der Waals surface area contributed by atoms with Gasteiger partial charge in [0, 0.05) is 4.47 Å². The minimum absolute atomic E-state index is 0.112. The summed E-state index contributed by atoms with van der Waals surface area (Å²) in [5.74, 6) is -0.0434. The molecule has 1 aromatic carbocycles. The molecule has 2 rings (SSSR count). The topological polar surface area (TPSA) is 47.6 Å². The van der Waals surface area contributed by atoms with Crippen LogP contribution < -0.4 is 5.32 Å². The average Bonchev–Trinajstić information content (AvgIpc) is 2.40. The third-order valence-electron chi connectivity index (χ3n) is 2.59. The molecule has 0 aliphatic carbocycles. The number of carbonyl (C=O) groups excluding carboxylic acids is 1. The van der Waals surface area contributed by atoms with E-state index in [-0.39, 0.29) is 17.7 Å². The summed E-state index contributed by atoms with van der Waals surface area (Å²) in [7, 11) is 0. The summed E-state index contributed by atoms with van der Waals surface area (Å²) in [6.45, 7) is 2.81. The Morgan fingerprint density at radius 1 is 1.39 bits per heavy atom. The summed E-state index contributed by atoms with van der Waals surface area (Å²) < 4.78 is 11.2. The lowest BCUT2D eigenvalue weighted by atomic mass is 10.1. The van der Waals surface area contributed by atoms with Crippen molar-refractivity contribution in [3.05, 3.63) is 46.3 Å². The van der Waals surface area contributed by atoms with Crippen molar-refractivity contribution in [2.45, 2.75) is 13.0 Å². The Hall–Kier alpha value is -1.49. The van der Waals surface area contributed by atoms with Crippen LogP contribution in [0.25, 0.3) is 0 Å². The molecule has 0 spiro atoms. The van der Waals surface area contributed by atoms with E-state index in [9.17, 15) is 4.79 Å². The number of amides is 1. The van der Waals surface area contributed by atoms with Gasteiger partial charge in [0.1, 0.15) is 19.5 Å². The summed E-state index contributed by atoms with van der Waals surface area (Å²) in [4.78, 5) is 11.9. The molecule has 1 heterocycles. The van der Waals surface area contributed by atoms with Gasteiger partial charge in [-0.15, -0.1) is 0 Å². The summed E-state index contributed by atoms with van der Waals surface area (Å²) in [6, 6.07) is 7.66.